The number of imide groups is 1. The van der Waals surface area contributed by atoms with E-state index in [-0.39, 0.29) is 18.5 Å². The fourth-order valence-corrected chi connectivity index (χ4v) is 3.64. The third-order valence-corrected chi connectivity index (χ3v) is 5.39. The van der Waals surface area contributed by atoms with Crippen molar-refractivity contribution in [3.63, 3.8) is 0 Å². The van der Waals surface area contributed by atoms with Gasteiger partial charge in [-0.2, -0.15) is 0 Å². The molecule has 1 N–H and O–H groups in total. The lowest BCUT2D eigenvalue weighted by Gasteiger charge is -2.21. The molecule has 3 heterocycles. The first kappa shape index (κ1) is 19.0. The Balaban J connectivity index is 1.46. The summed E-state index contributed by atoms with van der Waals surface area (Å²) in [5, 5.41) is 2.86. The summed E-state index contributed by atoms with van der Waals surface area (Å²) in [5.41, 5.74) is 2.75. The Labute approximate surface area is 169 Å². The number of ether oxygens (including phenoxy) is 1. The molecule has 29 heavy (non-hydrogen) atoms. The Morgan fingerprint density at radius 2 is 1.86 bits per heavy atom. The van der Waals surface area contributed by atoms with Crippen LogP contribution in [0.4, 0.5) is 4.79 Å². The number of benzene rings is 1. The van der Waals surface area contributed by atoms with Crippen LogP contribution in [0.2, 0.25) is 0 Å². The van der Waals surface area contributed by atoms with Gasteiger partial charge in [-0.25, -0.2) is 9.78 Å². The lowest BCUT2D eigenvalue weighted by molar-refractivity contribution is -0.131. The van der Waals surface area contributed by atoms with Gasteiger partial charge in [0.2, 0.25) is 0 Å². The van der Waals surface area contributed by atoms with E-state index in [1.165, 1.54) is 4.90 Å². The van der Waals surface area contributed by atoms with Gasteiger partial charge in [0.05, 0.1) is 19.3 Å². The van der Waals surface area contributed by atoms with Gasteiger partial charge in [0, 0.05) is 12.4 Å². The van der Waals surface area contributed by atoms with Crippen molar-refractivity contribution in [2.45, 2.75) is 38.8 Å². The van der Waals surface area contributed by atoms with Crippen LogP contribution in [0.5, 0.6) is 5.75 Å². The third kappa shape index (κ3) is 3.68. The number of amides is 3. The maximum Gasteiger partial charge on any atom is 0.325 e. The second kappa shape index (κ2) is 7.24. The van der Waals surface area contributed by atoms with Crippen molar-refractivity contribution in [3.8, 4) is 5.75 Å². The van der Waals surface area contributed by atoms with Crippen LogP contribution in [0.15, 0.2) is 48.8 Å². The number of carbonyl (C=O) groups excluding carboxylic acids is 2. The quantitative estimate of drug-likeness (QED) is 0.654. The SMILES string of the molecule is COc1ccc(CC[C@@]2(C)NC(=O)N(Cc3cn4cc(C)ccc4n3)C2=O)cc1. The van der Waals surface area contributed by atoms with Gasteiger partial charge in [-0.1, -0.05) is 18.2 Å². The van der Waals surface area contributed by atoms with Crippen LogP contribution in [0.1, 0.15) is 30.2 Å². The summed E-state index contributed by atoms with van der Waals surface area (Å²) in [5.74, 6) is 0.572. The number of rotatable bonds is 6. The Morgan fingerprint density at radius 1 is 1.10 bits per heavy atom. The van der Waals surface area contributed by atoms with Gasteiger partial charge < -0.3 is 14.5 Å². The highest BCUT2D eigenvalue weighted by atomic mass is 16.5. The Morgan fingerprint density at radius 3 is 2.59 bits per heavy atom. The monoisotopic (exact) mass is 392 g/mol. The summed E-state index contributed by atoms with van der Waals surface area (Å²) in [6.45, 7) is 3.94. The van der Waals surface area contributed by atoms with Gasteiger partial charge >= 0.3 is 6.03 Å². The zero-order chi connectivity index (χ0) is 20.6. The molecule has 3 aromatic rings. The standard InChI is InChI=1S/C22H24N4O3/c1-15-4-9-19-23-17(13-25(19)12-15)14-26-20(27)22(2,24-21(26)28)11-10-16-5-7-18(29-3)8-6-16/h4-9,12-13H,10-11,14H2,1-3H3,(H,24,28)/t22-/m1/s1. The minimum atomic E-state index is -0.924. The van der Waals surface area contributed by atoms with Crippen molar-refractivity contribution in [1.82, 2.24) is 19.6 Å². The fourth-order valence-electron chi connectivity index (χ4n) is 3.64. The summed E-state index contributed by atoms with van der Waals surface area (Å²) in [4.78, 5) is 31.3. The molecule has 0 radical (unpaired) electrons. The minimum absolute atomic E-state index is 0.156. The van der Waals surface area contributed by atoms with E-state index >= 15 is 0 Å². The van der Waals surface area contributed by atoms with Crippen LogP contribution in [-0.2, 0) is 17.8 Å². The molecule has 1 aliphatic rings. The van der Waals surface area contributed by atoms with Crippen molar-refractivity contribution in [2.75, 3.05) is 7.11 Å². The van der Waals surface area contributed by atoms with Crippen LogP contribution >= 0.6 is 0 Å². The van der Waals surface area contributed by atoms with Gasteiger partial charge in [0.1, 0.15) is 16.9 Å². The molecular weight excluding hydrogens is 368 g/mol. The predicted molar refractivity (Wildman–Crippen MR) is 109 cm³/mol. The molecule has 150 valence electrons. The molecule has 7 heteroatoms. The number of aromatic nitrogens is 2. The van der Waals surface area contributed by atoms with E-state index < -0.39 is 5.54 Å². The number of urea groups is 1. The molecule has 2 aromatic heterocycles. The van der Waals surface area contributed by atoms with Crippen LogP contribution in [0.3, 0.4) is 0 Å². The number of imidazole rings is 1. The van der Waals surface area contributed by atoms with Crippen molar-refractivity contribution in [1.29, 1.82) is 0 Å². The first-order valence-corrected chi connectivity index (χ1v) is 9.59. The number of hydrogen-bond donors (Lipinski definition) is 1. The van der Waals surface area contributed by atoms with E-state index in [0.29, 0.717) is 18.5 Å². The molecule has 1 atom stereocenters. The fraction of sp³-hybridized carbons (Fsp3) is 0.318. The average Bonchev–Trinajstić information content (AvgIpc) is 3.20. The van der Waals surface area contributed by atoms with E-state index in [1.807, 2.05) is 60.1 Å². The summed E-state index contributed by atoms with van der Waals surface area (Å²) in [7, 11) is 1.63. The average molecular weight is 392 g/mol. The lowest BCUT2D eigenvalue weighted by Crippen LogP contribution is -2.44. The van der Waals surface area contributed by atoms with E-state index in [1.54, 1.807) is 14.0 Å². The Bertz CT molecular complexity index is 1070. The molecule has 1 aliphatic heterocycles. The van der Waals surface area contributed by atoms with Crippen molar-refractivity contribution in [3.05, 3.63) is 65.6 Å². The number of aryl methyl sites for hydroxylation is 2. The second-order valence-electron chi connectivity index (χ2n) is 7.71. The first-order valence-electron chi connectivity index (χ1n) is 9.59. The van der Waals surface area contributed by atoms with Crippen molar-refractivity contribution in [2.24, 2.45) is 0 Å². The van der Waals surface area contributed by atoms with Crippen molar-refractivity contribution >= 4 is 17.6 Å². The topological polar surface area (TPSA) is 75.9 Å². The summed E-state index contributed by atoms with van der Waals surface area (Å²) in [6, 6.07) is 11.3. The number of hydrogen-bond acceptors (Lipinski definition) is 4. The minimum Gasteiger partial charge on any atom is -0.497 e. The van der Waals surface area contributed by atoms with E-state index in [4.69, 9.17) is 4.74 Å². The zero-order valence-corrected chi connectivity index (χ0v) is 16.8. The van der Waals surface area contributed by atoms with Gasteiger partial charge in [0.15, 0.2) is 0 Å². The number of pyridine rings is 1. The normalized spacial score (nSPS) is 19.1. The van der Waals surface area contributed by atoms with E-state index in [0.717, 1.165) is 22.5 Å². The van der Waals surface area contributed by atoms with Crippen LogP contribution in [0.25, 0.3) is 5.65 Å². The van der Waals surface area contributed by atoms with Crippen LogP contribution < -0.4 is 10.1 Å². The highest BCUT2D eigenvalue weighted by molar-refractivity contribution is 6.06. The molecule has 0 bridgehead atoms. The molecule has 1 saturated heterocycles. The second-order valence-corrected chi connectivity index (χ2v) is 7.71. The Hall–Kier alpha value is -3.35. The molecule has 4 rings (SSSR count). The molecule has 0 spiro atoms. The van der Waals surface area contributed by atoms with Gasteiger partial charge in [0.25, 0.3) is 5.91 Å². The first-order chi connectivity index (χ1) is 13.9. The molecular formula is C22H24N4O3. The molecule has 0 aliphatic carbocycles. The van der Waals surface area contributed by atoms with Crippen LogP contribution in [0, 0.1) is 6.92 Å². The summed E-state index contributed by atoms with van der Waals surface area (Å²) in [6.07, 6.45) is 5.02. The molecule has 7 nitrogen and oxygen atoms in total. The highest BCUT2D eigenvalue weighted by Gasteiger charge is 2.47. The molecule has 1 fully saturated rings. The third-order valence-electron chi connectivity index (χ3n) is 5.39. The van der Waals surface area contributed by atoms with Crippen molar-refractivity contribution < 1.29 is 14.3 Å². The van der Waals surface area contributed by atoms with Crippen LogP contribution in [-0.4, -0.2) is 38.9 Å². The van der Waals surface area contributed by atoms with Gasteiger partial charge in [-0.3, -0.25) is 9.69 Å². The maximum absolute atomic E-state index is 13.0. The maximum atomic E-state index is 13.0. The smallest absolute Gasteiger partial charge is 0.325 e. The summed E-state index contributed by atoms with van der Waals surface area (Å²) >= 11 is 0. The highest BCUT2D eigenvalue weighted by Crippen LogP contribution is 2.25. The predicted octanol–water partition coefficient (Wildman–Crippen LogP) is 3.09. The zero-order valence-electron chi connectivity index (χ0n) is 16.8. The number of fused-ring (bicyclic) bond motifs is 1. The molecule has 1 aromatic carbocycles. The number of methoxy groups -OCH3 is 1. The largest absolute Gasteiger partial charge is 0.497 e. The molecule has 3 amide bonds. The Kier molecular flexibility index (Phi) is 4.74. The van der Waals surface area contributed by atoms with Gasteiger partial charge in [-0.05, 0) is 56.0 Å². The van der Waals surface area contributed by atoms with Gasteiger partial charge in [-0.15, -0.1) is 0 Å². The molecule has 0 unspecified atom stereocenters. The number of carbonyl (C=O) groups is 2. The van der Waals surface area contributed by atoms with E-state index in [9.17, 15) is 9.59 Å². The lowest BCUT2D eigenvalue weighted by atomic mass is 9.93. The summed E-state index contributed by atoms with van der Waals surface area (Å²) < 4.78 is 7.08. The number of nitrogens with one attached hydrogen (secondary N) is 1. The van der Waals surface area contributed by atoms with E-state index in [2.05, 4.69) is 10.3 Å². The molecule has 0 saturated carbocycles. The number of nitrogens with zero attached hydrogens (tertiary/aromatic N) is 3.